The molecule has 0 spiro atoms. The van der Waals surface area contributed by atoms with Gasteiger partial charge >= 0.3 is 0 Å². The van der Waals surface area contributed by atoms with Crippen LogP contribution in [0.15, 0.2) is 164 Å². The van der Waals surface area contributed by atoms with Gasteiger partial charge in [-0.25, -0.2) is 19.8 Å². The maximum atomic E-state index is 7.39. The molecular formula is C45H27N5. The Morgan fingerprint density at radius 2 is 0.920 bits per heavy atom. The first-order chi connectivity index (χ1) is 24.7. The van der Waals surface area contributed by atoms with Crippen molar-refractivity contribution in [2.75, 3.05) is 0 Å². The van der Waals surface area contributed by atoms with Crippen molar-refractivity contribution in [2.24, 2.45) is 0 Å². The Balaban J connectivity index is 1.25. The highest BCUT2D eigenvalue weighted by molar-refractivity contribution is 6.23. The van der Waals surface area contributed by atoms with Crippen molar-refractivity contribution in [3.8, 4) is 56.4 Å². The van der Waals surface area contributed by atoms with Crippen LogP contribution in [0.1, 0.15) is 0 Å². The van der Waals surface area contributed by atoms with Gasteiger partial charge in [-0.1, -0.05) is 133 Å². The minimum absolute atomic E-state index is 0.619. The van der Waals surface area contributed by atoms with Gasteiger partial charge in [0.15, 0.2) is 23.2 Å². The van der Waals surface area contributed by atoms with E-state index in [0.29, 0.717) is 23.2 Å². The maximum Gasteiger partial charge on any atom is 0.187 e. The lowest BCUT2D eigenvalue weighted by atomic mass is 9.89. The van der Waals surface area contributed by atoms with Crippen LogP contribution < -0.4 is 0 Å². The van der Waals surface area contributed by atoms with Gasteiger partial charge in [0.05, 0.1) is 12.1 Å². The molecule has 232 valence electrons. The molecule has 7 aromatic carbocycles. The molecular weight excluding hydrogens is 611 g/mol. The third kappa shape index (κ3) is 5.13. The van der Waals surface area contributed by atoms with Crippen LogP contribution in [0.3, 0.4) is 0 Å². The van der Waals surface area contributed by atoms with E-state index in [4.69, 9.17) is 26.5 Å². The molecule has 0 aliphatic carbocycles. The molecule has 0 atom stereocenters. The summed E-state index contributed by atoms with van der Waals surface area (Å²) in [6.45, 7) is 7.39. The zero-order valence-electron chi connectivity index (χ0n) is 26.8. The minimum atomic E-state index is 0.619. The van der Waals surface area contributed by atoms with Crippen LogP contribution in [0.2, 0.25) is 0 Å². The number of aromatic nitrogens is 4. The van der Waals surface area contributed by atoms with Crippen LogP contribution in [0.4, 0.5) is 5.69 Å². The number of benzene rings is 7. The minimum Gasteiger partial charge on any atom is -0.256 e. The third-order valence-corrected chi connectivity index (χ3v) is 9.17. The molecule has 0 N–H and O–H groups in total. The molecule has 2 heterocycles. The second-order valence-corrected chi connectivity index (χ2v) is 12.2. The molecule has 9 aromatic rings. The number of hydrogen-bond acceptors (Lipinski definition) is 4. The lowest BCUT2D eigenvalue weighted by Gasteiger charge is -2.16. The van der Waals surface area contributed by atoms with Crippen LogP contribution in [-0.4, -0.2) is 19.9 Å². The summed E-state index contributed by atoms with van der Waals surface area (Å²) in [6, 6.07) is 53.6. The maximum absolute atomic E-state index is 7.39. The van der Waals surface area contributed by atoms with Gasteiger partial charge in [-0.3, -0.25) is 4.98 Å². The second kappa shape index (κ2) is 12.2. The van der Waals surface area contributed by atoms with Crippen LogP contribution >= 0.6 is 0 Å². The number of nitrogens with zero attached hydrogens (tertiary/aromatic N) is 5. The summed E-state index contributed by atoms with van der Waals surface area (Å²) in [5.74, 6) is 1.89. The van der Waals surface area contributed by atoms with Gasteiger partial charge in [-0.15, -0.1) is 0 Å². The summed E-state index contributed by atoms with van der Waals surface area (Å²) in [5, 5.41) is 5.68. The first-order valence-electron chi connectivity index (χ1n) is 16.4. The van der Waals surface area contributed by atoms with Crippen molar-refractivity contribution in [1.29, 1.82) is 0 Å². The smallest absolute Gasteiger partial charge is 0.187 e. The van der Waals surface area contributed by atoms with Gasteiger partial charge in [-0.05, 0) is 62.5 Å². The van der Waals surface area contributed by atoms with Gasteiger partial charge in [0.1, 0.15) is 0 Å². The molecule has 0 unspecified atom stereocenters. The van der Waals surface area contributed by atoms with E-state index in [2.05, 4.69) is 71.6 Å². The number of fused-ring (bicyclic) bond motifs is 5. The molecule has 0 radical (unpaired) electrons. The monoisotopic (exact) mass is 637 g/mol. The van der Waals surface area contributed by atoms with Crippen molar-refractivity contribution in [2.45, 2.75) is 0 Å². The fraction of sp³-hybridized carbons (Fsp3) is 0. The zero-order valence-corrected chi connectivity index (χ0v) is 26.8. The zero-order chi connectivity index (χ0) is 33.4. The highest BCUT2D eigenvalue weighted by atomic mass is 15.0. The first kappa shape index (κ1) is 29.1. The summed E-state index contributed by atoms with van der Waals surface area (Å²) in [6.07, 6.45) is 1.85. The number of hydrogen-bond donors (Lipinski definition) is 0. The van der Waals surface area contributed by atoms with Gasteiger partial charge in [0, 0.05) is 33.8 Å². The molecule has 5 heteroatoms. The van der Waals surface area contributed by atoms with Gasteiger partial charge in [0.2, 0.25) is 0 Å². The molecule has 9 rings (SSSR count). The lowest BCUT2D eigenvalue weighted by Crippen LogP contribution is -2.00. The summed E-state index contributed by atoms with van der Waals surface area (Å²) < 4.78 is 0. The van der Waals surface area contributed by atoms with E-state index < -0.39 is 0 Å². The predicted octanol–water partition coefficient (Wildman–Crippen LogP) is 11.6. The third-order valence-electron chi connectivity index (χ3n) is 9.17. The second-order valence-electron chi connectivity index (χ2n) is 12.2. The molecule has 2 aromatic heterocycles. The fourth-order valence-corrected chi connectivity index (χ4v) is 6.76. The van der Waals surface area contributed by atoms with Crippen LogP contribution in [0.25, 0.3) is 93.7 Å². The SMILES string of the molecule is [C-]#[N+]c1ccc(-c2cc3c4ccccc4c(-c4cccc(-c5nc(-c6ccccc6)nc(-c6ccccc6)n5)c4)cc3c3cccnc23)cc1. The average Bonchev–Trinajstić information content (AvgIpc) is 3.21. The van der Waals surface area contributed by atoms with E-state index in [1.807, 2.05) is 97.2 Å². The molecule has 0 bridgehead atoms. The summed E-state index contributed by atoms with van der Waals surface area (Å²) in [7, 11) is 0. The quantitative estimate of drug-likeness (QED) is 0.139. The molecule has 0 aliphatic heterocycles. The molecule has 0 aliphatic rings. The molecule has 0 amide bonds. The van der Waals surface area contributed by atoms with Crippen molar-refractivity contribution in [3.05, 3.63) is 175 Å². The van der Waals surface area contributed by atoms with Crippen LogP contribution in [0, 0.1) is 6.57 Å². The van der Waals surface area contributed by atoms with E-state index in [1.165, 1.54) is 0 Å². The summed E-state index contributed by atoms with van der Waals surface area (Å²) in [4.78, 5) is 23.3. The Bertz CT molecular complexity index is 2690. The van der Waals surface area contributed by atoms with Crippen LogP contribution in [0.5, 0.6) is 0 Å². The van der Waals surface area contributed by atoms with E-state index in [1.54, 1.807) is 0 Å². The molecule has 0 fully saturated rings. The predicted molar refractivity (Wildman–Crippen MR) is 204 cm³/mol. The van der Waals surface area contributed by atoms with E-state index in [9.17, 15) is 0 Å². The average molecular weight is 638 g/mol. The largest absolute Gasteiger partial charge is 0.256 e. The summed E-state index contributed by atoms with van der Waals surface area (Å²) in [5.41, 5.74) is 8.60. The van der Waals surface area contributed by atoms with E-state index >= 15 is 0 Å². The Kier molecular flexibility index (Phi) is 7.11. The molecule has 0 saturated carbocycles. The van der Waals surface area contributed by atoms with Crippen molar-refractivity contribution in [3.63, 3.8) is 0 Å². The molecule has 5 nitrogen and oxygen atoms in total. The highest BCUT2D eigenvalue weighted by Crippen LogP contribution is 2.42. The van der Waals surface area contributed by atoms with E-state index in [-0.39, 0.29) is 0 Å². The van der Waals surface area contributed by atoms with E-state index in [0.717, 1.165) is 71.4 Å². The van der Waals surface area contributed by atoms with Crippen molar-refractivity contribution >= 4 is 38.1 Å². The number of pyridine rings is 1. The Morgan fingerprint density at radius 1 is 0.380 bits per heavy atom. The fourth-order valence-electron chi connectivity index (χ4n) is 6.76. The van der Waals surface area contributed by atoms with Crippen molar-refractivity contribution in [1.82, 2.24) is 19.9 Å². The first-order valence-corrected chi connectivity index (χ1v) is 16.4. The van der Waals surface area contributed by atoms with Gasteiger partial charge in [0.25, 0.3) is 0 Å². The lowest BCUT2D eigenvalue weighted by molar-refractivity contribution is 1.07. The van der Waals surface area contributed by atoms with Crippen LogP contribution in [-0.2, 0) is 0 Å². The summed E-state index contributed by atoms with van der Waals surface area (Å²) >= 11 is 0. The number of rotatable bonds is 5. The normalized spacial score (nSPS) is 11.2. The van der Waals surface area contributed by atoms with Crippen molar-refractivity contribution < 1.29 is 0 Å². The molecule has 50 heavy (non-hydrogen) atoms. The Hall–Kier alpha value is -7.03. The topological polar surface area (TPSA) is 55.9 Å². The highest BCUT2D eigenvalue weighted by Gasteiger charge is 2.17. The standard InChI is InChI=1S/C45H27N5/c1-46-34-23-21-29(22-24-34)39-28-40-36-19-9-8-18-35(36)38(27-41(40)37-20-11-25-47-42(37)39)32-16-10-17-33(26-32)45-49-43(30-12-4-2-5-13-30)48-44(50-45)31-14-6-3-7-15-31/h2-28H. The molecule has 0 saturated heterocycles. The van der Waals surface area contributed by atoms with Gasteiger partial charge < -0.3 is 0 Å². The Labute approximate surface area is 289 Å². The van der Waals surface area contributed by atoms with Gasteiger partial charge in [-0.2, -0.15) is 0 Å². The Morgan fingerprint density at radius 3 is 1.60 bits per heavy atom.